The van der Waals surface area contributed by atoms with E-state index in [0.717, 1.165) is 17.2 Å². The molecule has 0 bridgehead atoms. The smallest absolute Gasteiger partial charge is 0.408 e. The first-order valence-electron chi connectivity index (χ1n) is 7.31. The summed E-state index contributed by atoms with van der Waals surface area (Å²) in [6.07, 6.45) is 0.642. The molecule has 0 fully saturated rings. The number of H-pyrrole nitrogens is 1. The van der Waals surface area contributed by atoms with Crippen LogP contribution in [0.4, 0.5) is 4.79 Å². The van der Waals surface area contributed by atoms with E-state index in [4.69, 9.17) is 9.47 Å². The van der Waals surface area contributed by atoms with E-state index in [1.165, 1.54) is 7.11 Å². The van der Waals surface area contributed by atoms with Gasteiger partial charge in [0.25, 0.3) is 0 Å². The number of nitrogens with one attached hydrogen (secondary N) is 2. The molecular weight excluding hydrogens is 286 g/mol. The highest BCUT2D eigenvalue weighted by atomic mass is 16.6. The first-order valence-corrected chi connectivity index (χ1v) is 7.31. The zero-order valence-corrected chi connectivity index (χ0v) is 13.6. The topological polar surface area (TPSA) is 93.3 Å². The molecule has 1 aliphatic carbocycles. The van der Waals surface area contributed by atoms with E-state index in [9.17, 15) is 9.59 Å². The molecule has 0 saturated heterocycles. The highest BCUT2D eigenvalue weighted by Crippen LogP contribution is 2.28. The Morgan fingerprint density at radius 1 is 1.36 bits per heavy atom. The molecule has 2 rings (SSSR count). The number of aromatic amines is 1. The Hall–Kier alpha value is -2.05. The summed E-state index contributed by atoms with van der Waals surface area (Å²) in [4.78, 5) is 31.5. The van der Waals surface area contributed by atoms with E-state index in [1.807, 2.05) is 6.92 Å². The second-order valence-corrected chi connectivity index (χ2v) is 6.56. The number of ether oxygens (including phenoxy) is 2. The molecule has 0 aromatic carbocycles. The number of esters is 1. The number of aromatic nitrogens is 2. The number of hydrogen-bond acceptors (Lipinski definition) is 5. The van der Waals surface area contributed by atoms with E-state index in [-0.39, 0.29) is 5.92 Å². The minimum Gasteiger partial charge on any atom is -0.467 e. The predicted molar refractivity (Wildman–Crippen MR) is 79.4 cm³/mol. The summed E-state index contributed by atoms with van der Waals surface area (Å²) >= 11 is 0. The zero-order valence-electron chi connectivity index (χ0n) is 13.6. The molecule has 7 nitrogen and oxygen atoms in total. The minimum absolute atomic E-state index is 0.0886. The zero-order chi connectivity index (χ0) is 16.5. The summed E-state index contributed by atoms with van der Waals surface area (Å²) in [5.41, 5.74) is 1.34. The van der Waals surface area contributed by atoms with Gasteiger partial charge in [0.1, 0.15) is 17.5 Å². The fraction of sp³-hybridized carbons (Fsp3) is 0.667. The van der Waals surface area contributed by atoms with Gasteiger partial charge in [0.15, 0.2) is 0 Å². The van der Waals surface area contributed by atoms with Crippen molar-refractivity contribution in [2.75, 3.05) is 7.11 Å². The van der Waals surface area contributed by atoms with Crippen molar-refractivity contribution in [3.63, 3.8) is 0 Å². The van der Waals surface area contributed by atoms with Crippen molar-refractivity contribution >= 4 is 12.1 Å². The van der Waals surface area contributed by atoms with Crippen LogP contribution in [0.2, 0.25) is 0 Å². The molecule has 22 heavy (non-hydrogen) atoms. The monoisotopic (exact) mass is 309 g/mol. The largest absolute Gasteiger partial charge is 0.467 e. The first kappa shape index (κ1) is 16.3. The van der Waals surface area contributed by atoms with Crippen molar-refractivity contribution in [2.45, 2.75) is 52.2 Å². The van der Waals surface area contributed by atoms with Gasteiger partial charge in [-0.1, -0.05) is 0 Å². The molecule has 1 heterocycles. The number of amides is 1. The third-order valence-electron chi connectivity index (χ3n) is 3.50. The number of carbonyl (C=O) groups excluding carboxylic acids is 2. The first-order chi connectivity index (χ1) is 10.2. The quantitative estimate of drug-likeness (QED) is 0.825. The lowest BCUT2D eigenvalue weighted by molar-refractivity contribution is -0.144. The van der Waals surface area contributed by atoms with Crippen molar-refractivity contribution in [1.29, 1.82) is 0 Å². The van der Waals surface area contributed by atoms with Crippen molar-refractivity contribution in [3.8, 4) is 0 Å². The number of carbonyl (C=O) groups is 2. The van der Waals surface area contributed by atoms with Crippen molar-refractivity contribution in [2.24, 2.45) is 5.92 Å². The van der Waals surface area contributed by atoms with Crippen LogP contribution < -0.4 is 5.32 Å². The van der Waals surface area contributed by atoms with Crippen LogP contribution in [-0.4, -0.2) is 40.8 Å². The molecule has 1 aromatic heterocycles. The lowest BCUT2D eigenvalue weighted by Crippen LogP contribution is -2.48. The van der Waals surface area contributed by atoms with Gasteiger partial charge in [-0.05, 0) is 40.5 Å². The van der Waals surface area contributed by atoms with Crippen molar-refractivity contribution in [1.82, 2.24) is 15.3 Å². The molecule has 2 N–H and O–H groups in total. The summed E-state index contributed by atoms with van der Waals surface area (Å²) in [5, 5.41) is 2.63. The van der Waals surface area contributed by atoms with Crippen molar-refractivity contribution in [3.05, 3.63) is 17.2 Å². The number of hydrogen-bond donors (Lipinski definition) is 2. The second-order valence-electron chi connectivity index (χ2n) is 6.56. The summed E-state index contributed by atoms with van der Waals surface area (Å²) in [6.45, 7) is 7.20. The molecule has 7 heteroatoms. The molecule has 2 unspecified atom stereocenters. The summed E-state index contributed by atoms with van der Waals surface area (Å²) in [6, 6.07) is -0.747. The molecule has 0 aliphatic heterocycles. The third-order valence-corrected chi connectivity index (χ3v) is 3.50. The molecule has 1 aliphatic rings. The Kier molecular flexibility index (Phi) is 4.44. The molecule has 2 atom stereocenters. The molecule has 1 amide bonds. The Morgan fingerprint density at radius 3 is 2.59 bits per heavy atom. The van der Waals surface area contributed by atoms with Crippen LogP contribution in [0, 0.1) is 12.8 Å². The SMILES string of the molecule is COC(=O)C(NC(=O)OC(C)(C)C)C1Cc2nc(C)[nH]c2C1. The Labute approximate surface area is 129 Å². The van der Waals surface area contributed by atoms with Crippen molar-refractivity contribution < 1.29 is 19.1 Å². The number of aryl methyl sites for hydroxylation is 1. The predicted octanol–water partition coefficient (Wildman–Crippen LogP) is 1.50. The molecule has 122 valence electrons. The maximum Gasteiger partial charge on any atom is 0.408 e. The maximum absolute atomic E-state index is 12.0. The molecule has 1 aromatic rings. The molecule has 0 radical (unpaired) electrons. The van der Waals surface area contributed by atoms with Gasteiger partial charge in [0, 0.05) is 11.6 Å². The molecule has 0 spiro atoms. The highest BCUT2D eigenvalue weighted by molar-refractivity contribution is 5.81. The molecular formula is C15H23N3O4. The third kappa shape index (κ3) is 3.78. The fourth-order valence-electron chi connectivity index (χ4n) is 2.68. The van der Waals surface area contributed by atoms with E-state index in [0.29, 0.717) is 12.8 Å². The van der Waals surface area contributed by atoms with E-state index >= 15 is 0 Å². The lowest BCUT2D eigenvalue weighted by atomic mass is 9.97. The Bertz CT molecular complexity index is 550. The van der Waals surface area contributed by atoms with Crippen LogP contribution in [0.3, 0.4) is 0 Å². The standard InChI is InChI=1S/C15H23N3O4/c1-8-16-10-6-9(7-11(10)17-8)12(13(19)21-5)18-14(20)22-15(2,3)4/h9,12H,6-7H2,1-5H3,(H,16,17)(H,18,20). The second kappa shape index (κ2) is 5.98. The van der Waals surface area contributed by atoms with E-state index in [1.54, 1.807) is 20.8 Å². The normalized spacial score (nSPS) is 16.0. The van der Waals surface area contributed by atoms with Gasteiger partial charge in [-0.25, -0.2) is 14.6 Å². The van der Waals surface area contributed by atoms with E-state index < -0.39 is 23.7 Å². The summed E-state index contributed by atoms with van der Waals surface area (Å²) in [7, 11) is 1.31. The molecule has 0 saturated carbocycles. The van der Waals surface area contributed by atoms with Crippen LogP contribution in [0.1, 0.15) is 38.0 Å². The number of nitrogens with zero attached hydrogens (tertiary/aromatic N) is 1. The van der Waals surface area contributed by atoms with E-state index in [2.05, 4.69) is 15.3 Å². The average Bonchev–Trinajstić information content (AvgIpc) is 2.89. The van der Waals surface area contributed by atoms with Crippen LogP contribution in [-0.2, 0) is 27.1 Å². The summed E-state index contributed by atoms with van der Waals surface area (Å²) in [5.74, 6) is 0.297. The van der Waals surface area contributed by atoms with Gasteiger partial charge in [-0.3, -0.25) is 0 Å². The Morgan fingerprint density at radius 2 is 2.05 bits per heavy atom. The van der Waals surface area contributed by atoms with Gasteiger partial charge in [-0.15, -0.1) is 0 Å². The van der Waals surface area contributed by atoms with Gasteiger partial charge in [0.05, 0.1) is 12.8 Å². The van der Waals surface area contributed by atoms with Crippen LogP contribution >= 0.6 is 0 Å². The number of imidazole rings is 1. The van der Waals surface area contributed by atoms with Crippen LogP contribution in [0.5, 0.6) is 0 Å². The highest BCUT2D eigenvalue weighted by Gasteiger charge is 2.37. The van der Waals surface area contributed by atoms with Gasteiger partial charge < -0.3 is 19.8 Å². The average molecular weight is 309 g/mol. The fourth-order valence-corrected chi connectivity index (χ4v) is 2.68. The summed E-state index contributed by atoms with van der Waals surface area (Å²) < 4.78 is 10.0. The van der Waals surface area contributed by atoms with Gasteiger partial charge in [-0.2, -0.15) is 0 Å². The van der Waals surface area contributed by atoms with Crippen LogP contribution in [0.15, 0.2) is 0 Å². The van der Waals surface area contributed by atoms with Crippen LogP contribution in [0.25, 0.3) is 0 Å². The minimum atomic E-state index is -0.747. The van der Waals surface area contributed by atoms with Gasteiger partial charge in [0.2, 0.25) is 0 Å². The number of alkyl carbamates (subject to hydrolysis) is 1. The number of methoxy groups -OCH3 is 1. The Balaban J connectivity index is 2.06. The maximum atomic E-state index is 12.0. The lowest BCUT2D eigenvalue weighted by Gasteiger charge is -2.25. The number of rotatable bonds is 3. The number of fused-ring (bicyclic) bond motifs is 1. The van der Waals surface area contributed by atoms with Gasteiger partial charge >= 0.3 is 12.1 Å².